The molecule has 2 amide bonds. The maximum Gasteiger partial charge on any atom is 0.258 e. The van der Waals surface area contributed by atoms with Crippen molar-refractivity contribution in [3.63, 3.8) is 0 Å². The maximum absolute atomic E-state index is 14.0. The number of H-pyrrole nitrogens is 1. The number of nitrogens with one attached hydrogen (secondary N) is 4. The van der Waals surface area contributed by atoms with Gasteiger partial charge in [-0.15, -0.1) is 0 Å². The van der Waals surface area contributed by atoms with Crippen molar-refractivity contribution < 1.29 is 18.0 Å². The van der Waals surface area contributed by atoms with Crippen LogP contribution in [-0.2, 0) is 32.5 Å². The molecule has 2 aliphatic heterocycles. The molecule has 0 saturated heterocycles. The number of carbonyl (C=O) groups is 2. The minimum atomic E-state index is -3.87. The molecule has 3 heterocycles. The molecule has 238 valence electrons. The first-order valence-electron chi connectivity index (χ1n) is 14.6. The number of aromatic nitrogens is 2. The number of nitrogens with zero attached hydrogens (tertiary/aromatic N) is 2. The van der Waals surface area contributed by atoms with E-state index < -0.39 is 21.8 Å². The highest BCUT2D eigenvalue weighted by Crippen LogP contribution is 2.28. The van der Waals surface area contributed by atoms with E-state index in [9.17, 15) is 22.8 Å². The predicted molar refractivity (Wildman–Crippen MR) is 183 cm³/mol. The number of benzene rings is 3. The summed E-state index contributed by atoms with van der Waals surface area (Å²) in [7, 11) is -3.35. The van der Waals surface area contributed by atoms with E-state index in [0.29, 0.717) is 54.7 Å². The number of amides is 2. The molecule has 0 radical (unpaired) electrons. The summed E-state index contributed by atoms with van der Waals surface area (Å²) in [6.07, 6.45) is 4.98. The Labute approximate surface area is 268 Å². The van der Waals surface area contributed by atoms with Crippen molar-refractivity contribution >= 4 is 58.4 Å². The number of hydrogen-bond acceptors (Lipinski definition) is 8. The van der Waals surface area contributed by atoms with Crippen LogP contribution in [0.5, 0.6) is 0 Å². The minimum absolute atomic E-state index is 0.00352. The monoisotopic (exact) mass is 658 g/mol. The van der Waals surface area contributed by atoms with Gasteiger partial charge in [0, 0.05) is 29.9 Å². The average Bonchev–Trinajstić information content (AvgIpc) is 3.02. The lowest BCUT2D eigenvalue weighted by Gasteiger charge is -2.26. The van der Waals surface area contributed by atoms with Crippen molar-refractivity contribution in [1.29, 1.82) is 0 Å². The Hall–Kier alpha value is -4.64. The van der Waals surface area contributed by atoms with Crippen molar-refractivity contribution in [2.75, 3.05) is 23.7 Å². The fraction of sp³-hybridized carbons (Fsp3) is 0.242. The summed E-state index contributed by atoms with van der Waals surface area (Å²) in [5, 5.41) is 10.5. The van der Waals surface area contributed by atoms with Crippen LogP contribution in [0, 0.1) is 13.8 Å². The summed E-state index contributed by atoms with van der Waals surface area (Å²) in [6.45, 7) is 7.07. The Balaban J connectivity index is 1.61. The Bertz CT molecular complexity index is 2020. The molecule has 1 aromatic heterocycles. The zero-order valence-electron chi connectivity index (χ0n) is 25.8. The summed E-state index contributed by atoms with van der Waals surface area (Å²) in [5.41, 5.74) is 5.11. The van der Waals surface area contributed by atoms with Crippen LogP contribution in [0.2, 0.25) is 0 Å². The molecule has 1 unspecified atom stereocenters. The third kappa shape index (κ3) is 7.25. The predicted octanol–water partition coefficient (Wildman–Crippen LogP) is 4.41. The molecule has 4 bridgehead atoms. The molecule has 46 heavy (non-hydrogen) atoms. The lowest BCUT2D eigenvalue weighted by molar-refractivity contribution is -0.122. The molecule has 4 aromatic rings. The van der Waals surface area contributed by atoms with Gasteiger partial charge in [-0.1, -0.05) is 33.6 Å². The molecule has 0 fully saturated rings. The second kappa shape index (κ2) is 13.8. The molecule has 6 rings (SSSR count). The van der Waals surface area contributed by atoms with E-state index in [4.69, 9.17) is 0 Å². The van der Waals surface area contributed by atoms with E-state index in [2.05, 4.69) is 32.2 Å². The molecule has 13 heteroatoms. The van der Waals surface area contributed by atoms with Gasteiger partial charge in [0.15, 0.2) is 0 Å². The molecule has 1 atom stereocenters. The number of sulfone groups is 1. The first-order chi connectivity index (χ1) is 22.0. The summed E-state index contributed by atoms with van der Waals surface area (Å²) >= 11 is 0. The molecule has 0 aliphatic carbocycles. The zero-order chi connectivity index (χ0) is 33.0. The van der Waals surface area contributed by atoms with Crippen molar-refractivity contribution in [2.45, 2.75) is 44.8 Å². The van der Waals surface area contributed by atoms with E-state index in [1.165, 1.54) is 24.3 Å². The van der Waals surface area contributed by atoms with Gasteiger partial charge >= 0.3 is 0 Å². The number of aryl methyl sites for hydroxylation is 2. The fourth-order valence-electron chi connectivity index (χ4n) is 5.53. The first-order valence-corrected chi connectivity index (χ1v) is 17.3. The van der Waals surface area contributed by atoms with Crippen molar-refractivity contribution in [3.05, 3.63) is 104 Å². The number of hydrogen-bond donors (Lipinski definition) is 4. The standard InChI is InChI=1S/C33H35N6O5PS/c1-5-39-17-27-20(2)12-22(13-21(27)3)31(38-25-6-8-28-26(15-25)32(41)36-19-35-28)33(42)34-16-23-14-24(37-30(40)18-39)7-9-29(23)46(43,44)11-10-45-4/h6-15,19,31,38H,4-5,16-18H2,1-3H3,(H,34,42)(H,37,40)(H,35,36,41)/b11-10+. The molecule has 0 saturated carbocycles. The SMILES string of the molecule is C=P/C=C/S(=O)(=O)c1ccc2cc1CNC(=O)C(Nc1ccc3nc[nH]c(=O)c3c1)c1cc(C)c(c(C)c1)CN(CC)CC(=O)N2. The maximum atomic E-state index is 14.0. The van der Waals surface area contributed by atoms with Gasteiger partial charge in [0.2, 0.25) is 21.7 Å². The van der Waals surface area contributed by atoms with Crippen molar-refractivity contribution in [1.82, 2.24) is 20.2 Å². The molecule has 3 aromatic carbocycles. The van der Waals surface area contributed by atoms with Crippen LogP contribution in [0.4, 0.5) is 11.4 Å². The van der Waals surface area contributed by atoms with Crippen LogP contribution in [0.25, 0.3) is 10.9 Å². The first kappa shape index (κ1) is 32.7. The van der Waals surface area contributed by atoms with Gasteiger partial charge in [0.25, 0.3) is 5.56 Å². The van der Waals surface area contributed by atoms with Gasteiger partial charge in [0.1, 0.15) is 6.04 Å². The normalized spacial score (nSPS) is 16.5. The number of carbonyl (C=O) groups excluding carboxylic acids is 2. The van der Waals surface area contributed by atoms with Crippen LogP contribution in [0.1, 0.15) is 40.8 Å². The highest BCUT2D eigenvalue weighted by atomic mass is 32.2. The third-order valence-corrected chi connectivity index (χ3v) is 9.98. The summed E-state index contributed by atoms with van der Waals surface area (Å²) < 4.78 is 26.4. The van der Waals surface area contributed by atoms with Crippen LogP contribution in [0.15, 0.2) is 75.8 Å². The van der Waals surface area contributed by atoms with Gasteiger partial charge in [-0.2, -0.15) is 0 Å². The minimum Gasteiger partial charge on any atom is -0.370 e. The van der Waals surface area contributed by atoms with E-state index >= 15 is 0 Å². The van der Waals surface area contributed by atoms with Gasteiger partial charge in [-0.3, -0.25) is 19.3 Å². The van der Waals surface area contributed by atoms with Gasteiger partial charge in [-0.05, 0) is 90.4 Å². The van der Waals surface area contributed by atoms with E-state index in [-0.39, 0.29) is 29.5 Å². The topological polar surface area (TPSA) is 153 Å². The fourth-order valence-corrected chi connectivity index (χ4v) is 7.41. The van der Waals surface area contributed by atoms with Gasteiger partial charge in [0.05, 0.1) is 28.7 Å². The quantitative estimate of drug-likeness (QED) is 0.223. The zero-order valence-corrected chi connectivity index (χ0v) is 27.5. The lowest BCUT2D eigenvalue weighted by Crippen LogP contribution is -2.35. The molecule has 2 aliphatic rings. The van der Waals surface area contributed by atoms with Crippen LogP contribution in [-0.4, -0.2) is 54.5 Å². The number of aromatic amines is 1. The molecular weight excluding hydrogens is 623 g/mol. The van der Waals surface area contributed by atoms with Gasteiger partial charge < -0.3 is 20.9 Å². The average molecular weight is 659 g/mol. The highest BCUT2D eigenvalue weighted by molar-refractivity contribution is 7.94. The lowest BCUT2D eigenvalue weighted by atomic mass is 9.94. The largest absolute Gasteiger partial charge is 0.370 e. The van der Waals surface area contributed by atoms with E-state index in [1.54, 1.807) is 24.3 Å². The van der Waals surface area contributed by atoms with Crippen LogP contribution < -0.4 is 21.5 Å². The Kier molecular flexibility index (Phi) is 9.81. The van der Waals surface area contributed by atoms with Crippen molar-refractivity contribution in [3.8, 4) is 0 Å². The molecule has 0 spiro atoms. The van der Waals surface area contributed by atoms with Gasteiger partial charge in [-0.25, -0.2) is 13.4 Å². The molecule has 11 nitrogen and oxygen atoms in total. The number of rotatable bonds is 6. The summed E-state index contributed by atoms with van der Waals surface area (Å²) in [5.74, 6) is 0.762. The Morgan fingerprint density at radius 1 is 1.07 bits per heavy atom. The van der Waals surface area contributed by atoms with Crippen LogP contribution >= 0.6 is 8.20 Å². The number of likely N-dealkylation sites (N-methyl/N-ethyl adjacent to an activating group) is 1. The molecular formula is C33H35N6O5PS. The Morgan fingerprint density at radius 2 is 1.83 bits per heavy atom. The smallest absolute Gasteiger partial charge is 0.258 e. The number of anilines is 2. The second-order valence-corrected chi connectivity index (χ2v) is 13.5. The second-order valence-electron chi connectivity index (χ2n) is 11.1. The highest BCUT2D eigenvalue weighted by Gasteiger charge is 2.25. The van der Waals surface area contributed by atoms with E-state index in [0.717, 1.165) is 22.1 Å². The Morgan fingerprint density at radius 3 is 2.54 bits per heavy atom. The molecule has 4 N–H and O–H groups in total. The van der Waals surface area contributed by atoms with E-state index in [1.807, 2.05) is 37.8 Å². The summed E-state index contributed by atoms with van der Waals surface area (Å²) in [4.78, 5) is 48.4. The third-order valence-electron chi connectivity index (χ3n) is 7.91. The number of fused-ring (bicyclic) bond motifs is 10. The van der Waals surface area contributed by atoms with Crippen molar-refractivity contribution in [2.24, 2.45) is 0 Å². The summed E-state index contributed by atoms with van der Waals surface area (Å²) in [6, 6.07) is 12.6. The van der Waals surface area contributed by atoms with Crippen LogP contribution in [0.3, 0.4) is 0 Å².